The van der Waals surface area contributed by atoms with Gasteiger partial charge in [-0.2, -0.15) is 0 Å². The number of aromatic nitrogens is 1. The standard InChI is InChI=1S/C6H8ClNO2S/c7-3-4(9)5(10)6-8-1-2-11-6/h1-2,4-5,9-10H,3H2. The number of nitrogens with zero attached hydrogens (tertiary/aromatic N) is 1. The van der Waals surface area contributed by atoms with Crippen molar-refractivity contribution in [2.24, 2.45) is 0 Å². The number of hydrogen-bond donors (Lipinski definition) is 2. The molecule has 0 saturated heterocycles. The quantitative estimate of drug-likeness (QED) is 0.698. The molecule has 1 aromatic rings. The van der Waals surface area contributed by atoms with Crippen LogP contribution >= 0.6 is 22.9 Å². The smallest absolute Gasteiger partial charge is 0.132 e. The highest BCUT2D eigenvalue weighted by Gasteiger charge is 2.18. The number of thiazole rings is 1. The normalized spacial score (nSPS) is 16.3. The third-order valence-corrected chi connectivity index (χ3v) is 2.39. The first kappa shape index (κ1) is 8.93. The van der Waals surface area contributed by atoms with Crippen LogP contribution in [0.1, 0.15) is 11.1 Å². The molecule has 0 amide bonds. The molecule has 0 bridgehead atoms. The fourth-order valence-corrected chi connectivity index (χ4v) is 1.48. The van der Waals surface area contributed by atoms with Gasteiger partial charge in [0.05, 0.1) is 12.0 Å². The number of hydrogen-bond acceptors (Lipinski definition) is 4. The summed E-state index contributed by atoms with van der Waals surface area (Å²) in [5.74, 6) is 0.0146. The Morgan fingerprint density at radius 2 is 2.36 bits per heavy atom. The molecule has 0 aliphatic heterocycles. The molecule has 0 saturated carbocycles. The number of rotatable bonds is 3. The first-order valence-corrected chi connectivity index (χ1v) is 4.48. The van der Waals surface area contributed by atoms with Gasteiger partial charge >= 0.3 is 0 Å². The second-order valence-corrected chi connectivity index (χ2v) is 3.27. The number of alkyl halides is 1. The molecule has 2 N–H and O–H groups in total. The van der Waals surface area contributed by atoms with E-state index in [1.807, 2.05) is 0 Å². The summed E-state index contributed by atoms with van der Waals surface area (Å²) in [6, 6.07) is 0. The van der Waals surface area contributed by atoms with Crippen LogP contribution in [0.4, 0.5) is 0 Å². The Morgan fingerprint density at radius 3 is 2.82 bits per heavy atom. The molecule has 1 rings (SSSR count). The molecule has 2 unspecified atom stereocenters. The summed E-state index contributed by atoms with van der Waals surface area (Å²) in [4.78, 5) is 3.84. The van der Waals surface area contributed by atoms with Gasteiger partial charge in [0.25, 0.3) is 0 Å². The van der Waals surface area contributed by atoms with Gasteiger partial charge in [0.2, 0.25) is 0 Å². The van der Waals surface area contributed by atoms with Crippen LogP contribution in [0, 0.1) is 0 Å². The van der Waals surface area contributed by atoms with Crippen LogP contribution in [0.5, 0.6) is 0 Å². The molecule has 0 radical (unpaired) electrons. The molecule has 3 nitrogen and oxygen atoms in total. The number of aliphatic hydroxyl groups excluding tert-OH is 2. The Kier molecular flexibility index (Phi) is 3.26. The van der Waals surface area contributed by atoms with Crippen molar-refractivity contribution < 1.29 is 10.2 Å². The monoisotopic (exact) mass is 193 g/mol. The van der Waals surface area contributed by atoms with E-state index in [4.69, 9.17) is 16.7 Å². The van der Waals surface area contributed by atoms with Crippen LogP contribution < -0.4 is 0 Å². The molecule has 0 aliphatic rings. The van der Waals surface area contributed by atoms with E-state index in [2.05, 4.69) is 4.98 Å². The van der Waals surface area contributed by atoms with Crippen molar-refractivity contribution in [2.75, 3.05) is 5.88 Å². The first-order chi connectivity index (χ1) is 5.25. The van der Waals surface area contributed by atoms with E-state index in [9.17, 15) is 5.11 Å². The van der Waals surface area contributed by atoms with E-state index in [0.29, 0.717) is 5.01 Å². The molecule has 11 heavy (non-hydrogen) atoms. The van der Waals surface area contributed by atoms with Crippen LogP contribution in [0.2, 0.25) is 0 Å². The van der Waals surface area contributed by atoms with Crippen LogP contribution in [0.25, 0.3) is 0 Å². The average Bonchev–Trinajstić information content (AvgIpc) is 2.53. The summed E-state index contributed by atoms with van der Waals surface area (Å²) >= 11 is 6.63. The Balaban J connectivity index is 2.62. The molecule has 0 fully saturated rings. The van der Waals surface area contributed by atoms with E-state index >= 15 is 0 Å². The molecule has 1 heterocycles. The van der Waals surface area contributed by atoms with Gasteiger partial charge in [-0.3, -0.25) is 0 Å². The Morgan fingerprint density at radius 1 is 1.64 bits per heavy atom. The molecule has 62 valence electrons. The highest BCUT2D eigenvalue weighted by molar-refractivity contribution is 7.09. The third-order valence-electron chi connectivity index (χ3n) is 1.23. The van der Waals surface area contributed by atoms with E-state index in [1.54, 1.807) is 11.6 Å². The second kappa shape index (κ2) is 4.01. The predicted octanol–water partition coefficient (Wildman–Crippen LogP) is 0.776. The van der Waals surface area contributed by atoms with Crippen molar-refractivity contribution in [3.8, 4) is 0 Å². The van der Waals surface area contributed by atoms with Crippen molar-refractivity contribution >= 4 is 22.9 Å². The van der Waals surface area contributed by atoms with Crippen molar-refractivity contribution in [3.05, 3.63) is 16.6 Å². The molecular formula is C6H8ClNO2S. The summed E-state index contributed by atoms with van der Waals surface area (Å²) in [7, 11) is 0. The second-order valence-electron chi connectivity index (χ2n) is 2.04. The minimum atomic E-state index is -0.951. The zero-order valence-corrected chi connectivity index (χ0v) is 7.22. The zero-order chi connectivity index (χ0) is 8.27. The maximum absolute atomic E-state index is 9.29. The van der Waals surface area contributed by atoms with Gasteiger partial charge in [-0.25, -0.2) is 4.98 Å². The highest BCUT2D eigenvalue weighted by atomic mass is 35.5. The zero-order valence-electron chi connectivity index (χ0n) is 5.64. The summed E-state index contributed by atoms with van der Waals surface area (Å²) in [5, 5.41) is 20.6. The van der Waals surface area contributed by atoms with Gasteiger partial charge in [-0.15, -0.1) is 22.9 Å². The summed E-state index contributed by atoms with van der Waals surface area (Å²) in [5.41, 5.74) is 0. The van der Waals surface area contributed by atoms with Crippen molar-refractivity contribution in [1.29, 1.82) is 0 Å². The minimum Gasteiger partial charge on any atom is -0.389 e. The van der Waals surface area contributed by atoms with Crippen molar-refractivity contribution in [3.63, 3.8) is 0 Å². The Labute approximate surface area is 73.3 Å². The van der Waals surface area contributed by atoms with Crippen molar-refractivity contribution in [2.45, 2.75) is 12.2 Å². The van der Waals surface area contributed by atoms with Gasteiger partial charge < -0.3 is 10.2 Å². The molecule has 5 heteroatoms. The molecule has 0 spiro atoms. The maximum atomic E-state index is 9.29. The van der Waals surface area contributed by atoms with Gasteiger partial charge in [-0.05, 0) is 0 Å². The van der Waals surface area contributed by atoms with Gasteiger partial charge in [0.15, 0.2) is 0 Å². The summed E-state index contributed by atoms with van der Waals surface area (Å²) < 4.78 is 0. The van der Waals surface area contributed by atoms with Crippen LogP contribution in [0.15, 0.2) is 11.6 Å². The average molecular weight is 194 g/mol. The van der Waals surface area contributed by atoms with E-state index in [0.717, 1.165) is 0 Å². The molecule has 1 aromatic heterocycles. The predicted molar refractivity (Wildman–Crippen MR) is 43.8 cm³/mol. The van der Waals surface area contributed by atoms with Gasteiger partial charge in [-0.1, -0.05) is 0 Å². The number of aliphatic hydroxyl groups is 2. The summed E-state index contributed by atoms with van der Waals surface area (Å²) in [6.07, 6.45) is -0.306. The maximum Gasteiger partial charge on any atom is 0.132 e. The lowest BCUT2D eigenvalue weighted by Gasteiger charge is -2.11. The topological polar surface area (TPSA) is 53.4 Å². The fraction of sp³-hybridized carbons (Fsp3) is 0.500. The first-order valence-electron chi connectivity index (χ1n) is 3.07. The lowest BCUT2D eigenvalue weighted by atomic mass is 10.2. The van der Waals surface area contributed by atoms with Gasteiger partial charge in [0.1, 0.15) is 11.1 Å². The van der Waals surface area contributed by atoms with Crippen LogP contribution in [-0.4, -0.2) is 27.2 Å². The van der Waals surface area contributed by atoms with Crippen molar-refractivity contribution in [1.82, 2.24) is 4.98 Å². The van der Waals surface area contributed by atoms with E-state index < -0.39 is 12.2 Å². The van der Waals surface area contributed by atoms with Crippen LogP contribution in [0.3, 0.4) is 0 Å². The highest BCUT2D eigenvalue weighted by Crippen LogP contribution is 2.19. The Hall–Kier alpha value is -0.160. The van der Waals surface area contributed by atoms with Gasteiger partial charge in [0, 0.05) is 11.6 Å². The molecule has 0 aliphatic carbocycles. The number of halogens is 1. The fourth-order valence-electron chi connectivity index (χ4n) is 0.630. The lowest BCUT2D eigenvalue weighted by Crippen LogP contribution is -2.19. The van der Waals surface area contributed by atoms with E-state index in [1.165, 1.54) is 11.3 Å². The molecule has 2 atom stereocenters. The largest absolute Gasteiger partial charge is 0.389 e. The molecule has 0 aromatic carbocycles. The minimum absolute atomic E-state index is 0.0146. The summed E-state index contributed by atoms with van der Waals surface area (Å²) in [6.45, 7) is 0. The lowest BCUT2D eigenvalue weighted by molar-refractivity contribution is 0.0326. The molecular weight excluding hydrogens is 186 g/mol. The SMILES string of the molecule is OC(CCl)C(O)c1nccs1. The van der Waals surface area contributed by atoms with E-state index in [-0.39, 0.29) is 5.88 Å². The van der Waals surface area contributed by atoms with Crippen LogP contribution in [-0.2, 0) is 0 Å². The third kappa shape index (κ3) is 2.13. The Bertz CT molecular complexity index is 204.